The minimum atomic E-state index is 0.249. The van der Waals surface area contributed by atoms with Crippen LogP contribution in [0.3, 0.4) is 0 Å². The summed E-state index contributed by atoms with van der Waals surface area (Å²) in [5.41, 5.74) is 0. The molecule has 1 fully saturated rings. The summed E-state index contributed by atoms with van der Waals surface area (Å²) in [7, 11) is 0. The van der Waals surface area contributed by atoms with Gasteiger partial charge >= 0.3 is 0 Å². The molecule has 1 unspecified atom stereocenters. The predicted molar refractivity (Wildman–Crippen MR) is 37.8 cm³/mol. The van der Waals surface area contributed by atoms with E-state index in [1.165, 1.54) is 5.06 Å². The van der Waals surface area contributed by atoms with Crippen molar-refractivity contribution in [2.75, 3.05) is 19.7 Å². The first-order valence-electron chi connectivity index (χ1n) is 3.87. The molecule has 10 heavy (non-hydrogen) atoms. The highest BCUT2D eigenvalue weighted by atomic mass is 16.5. The second-order valence-corrected chi connectivity index (χ2v) is 2.93. The third-order valence-corrected chi connectivity index (χ3v) is 2.03. The normalized spacial score (nSPS) is 28.8. The van der Waals surface area contributed by atoms with Gasteiger partial charge in [-0.2, -0.15) is 5.06 Å². The van der Waals surface area contributed by atoms with Crippen molar-refractivity contribution in [1.29, 1.82) is 0 Å². The molecule has 2 N–H and O–H groups in total. The molecule has 3 nitrogen and oxygen atoms in total. The molecule has 0 spiro atoms. The molecule has 1 aliphatic heterocycles. The Hall–Kier alpha value is -0.120. The summed E-state index contributed by atoms with van der Waals surface area (Å²) in [5, 5.41) is 19.0. The van der Waals surface area contributed by atoms with Gasteiger partial charge in [-0.1, -0.05) is 0 Å². The number of hydrogen-bond acceptors (Lipinski definition) is 3. The van der Waals surface area contributed by atoms with E-state index in [0.29, 0.717) is 5.92 Å². The smallest absolute Gasteiger partial charge is 0.0434 e. The van der Waals surface area contributed by atoms with Crippen molar-refractivity contribution in [3.05, 3.63) is 0 Å². The lowest BCUT2D eigenvalue weighted by Gasteiger charge is -2.27. The number of aliphatic hydroxyl groups is 1. The van der Waals surface area contributed by atoms with Gasteiger partial charge in [0.25, 0.3) is 0 Å². The van der Waals surface area contributed by atoms with Crippen LogP contribution in [-0.4, -0.2) is 35.1 Å². The fourth-order valence-electron chi connectivity index (χ4n) is 1.46. The third-order valence-electron chi connectivity index (χ3n) is 2.03. The summed E-state index contributed by atoms with van der Waals surface area (Å²) in [4.78, 5) is 0. The van der Waals surface area contributed by atoms with Gasteiger partial charge < -0.3 is 10.3 Å². The Morgan fingerprint density at radius 1 is 1.50 bits per heavy atom. The van der Waals surface area contributed by atoms with Gasteiger partial charge in [0.05, 0.1) is 0 Å². The van der Waals surface area contributed by atoms with Crippen molar-refractivity contribution in [2.24, 2.45) is 5.92 Å². The van der Waals surface area contributed by atoms with Crippen molar-refractivity contribution >= 4 is 0 Å². The van der Waals surface area contributed by atoms with Crippen LogP contribution in [0.4, 0.5) is 0 Å². The molecule has 0 bridgehead atoms. The van der Waals surface area contributed by atoms with Crippen molar-refractivity contribution in [2.45, 2.75) is 19.3 Å². The molecule has 3 heteroatoms. The van der Waals surface area contributed by atoms with Gasteiger partial charge in [0.2, 0.25) is 0 Å². The number of piperidine rings is 1. The molecule has 1 aliphatic rings. The van der Waals surface area contributed by atoms with Crippen LogP contribution in [0.25, 0.3) is 0 Å². The lowest BCUT2D eigenvalue weighted by Crippen LogP contribution is -2.32. The first kappa shape index (κ1) is 7.98. The number of aliphatic hydroxyl groups excluding tert-OH is 1. The highest BCUT2D eigenvalue weighted by molar-refractivity contribution is 4.67. The average molecular weight is 145 g/mol. The topological polar surface area (TPSA) is 43.7 Å². The van der Waals surface area contributed by atoms with Crippen LogP contribution in [0.15, 0.2) is 0 Å². The summed E-state index contributed by atoms with van der Waals surface area (Å²) < 4.78 is 0. The Balaban J connectivity index is 2.18. The van der Waals surface area contributed by atoms with Gasteiger partial charge in [-0.15, -0.1) is 0 Å². The molecule has 1 saturated heterocycles. The van der Waals surface area contributed by atoms with Crippen molar-refractivity contribution in [3.8, 4) is 0 Å². The van der Waals surface area contributed by atoms with E-state index in [2.05, 4.69) is 0 Å². The Kier molecular flexibility index (Phi) is 3.12. The monoisotopic (exact) mass is 145 g/mol. The highest BCUT2D eigenvalue weighted by Gasteiger charge is 2.17. The maximum Gasteiger partial charge on any atom is 0.0434 e. The van der Waals surface area contributed by atoms with Crippen LogP contribution in [0.5, 0.6) is 0 Å². The van der Waals surface area contributed by atoms with Gasteiger partial charge in [0, 0.05) is 19.7 Å². The van der Waals surface area contributed by atoms with E-state index in [9.17, 15) is 0 Å². The molecule has 0 aliphatic carbocycles. The first-order chi connectivity index (χ1) is 4.83. The van der Waals surface area contributed by atoms with Gasteiger partial charge in [0.1, 0.15) is 0 Å². The third kappa shape index (κ3) is 2.25. The van der Waals surface area contributed by atoms with Crippen molar-refractivity contribution in [3.63, 3.8) is 0 Å². The number of hydroxylamine groups is 2. The Bertz CT molecular complexity index is 95.6. The quantitative estimate of drug-likeness (QED) is 0.593. The highest BCUT2D eigenvalue weighted by Crippen LogP contribution is 2.17. The van der Waals surface area contributed by atoms with Crippen molar-refractivity contribution < 1.29 is 10.3 Å². The molecular weight excluding hydrogens is 130 g/mol. The molecule has 0 aromatic carbocycles. The van der Waals surface area contributed by atoms with Crippen LogP contribution in [0.2, 0.25) is 0 Å². The Morgan fingerprint density at radius 3 is 2.90 bits per heavy atom. The fourth-order valence-corrected chi connectivity index (χ4v) is 1.46. The van der Waals surface area contributed by atoms with Gasteiger partial charge in [-0.25, -0.2) is 0 Å². The maximum absolute atomic E-state index is 9.06. The number of nitrogens with zero attached hydrogens (tertiary/aromatic N) is 1. The first-order valence-corrected chi connectivity index (χ1v) is 3.87. The van der Waals surface area contributed by atoms with E-state index in [1.54, 1.807) is 0 Å². The molecule has 0 saturated carbocycles. The van der Waals surface area contributed by atoms with Crippen LogP contribution in [0, 0.1) is 5.92 Å². The molecule has 1 heterocycles. The van der Waals surface area contributed by atoms with E-state index in [-0.39, 0.29) is 6.61 Å². The summed E-state index contributed by atoms with van der Waals surface area (Å²) >= 11 is 0. The second kappa shape index (κ2) is 3.91. The van der Waals surface area contributed by atoms with E-state index in [0.717, 1.165) is 32.4 Å². The van der Waals surface area contributed by atoms with E-state index in [1.807, 2.05) is 0 Å². The van der Waals surface area contributed by atoms with Gasteiger partial charge in [0.15, 0.2) is 0 Å². The molecular formula is C7H15NO2. The largest absolute Gasteiger partial charge is 0.396 e. The molecule has 1 rings (SSSR count). The van der Waals surface area contributed by atoms with E-state index < -0.39 is 0 Å². The summed E-state index contributed by atoms with van der Waals surface area (Å²) in [5.74, 6) is 0.503. The van der Waals surface area contributed by atoms with Gasteiger partial charge in [-0.3, -0.25) is 0 Å². The zero-order valence-corrected chi connectivity index (χ0v) is 6.16. The van der Waals surface area contributed by atoms with E-state index in [4.69, 9.17) is 10.3 Å². The zero-order chi connectivity index (χ0) is 7.40. The number of rotatable bonds is 2. The predicted octanol–water partition coefficient (Wildman–Crippen LogP) is 0.470. The zero-order valence-electron chi connectivity index (χ0n) is 6.16. The van der Waals surface area contributed by atoms with E-state index >= 15 is 0 Å². The molecule has 60 valence electrons. The minimum Gasteiger partial charge on any atom is -0.396 e. The SMILES string of the molecule is OCCC1CCCN(O)C1. The lowest BCUT2D eigenvalue weighted by molar-refractivity contribution is -0.119. The molecule has 1 atom stereocenters. The van der Waals surface area contributed by atoms with Crippen LogP contribution in [0.1, 0.15) is 19.3 Å². The summed E-state index contributed by atoms with van der Waals surface area (Å²) in [6.45, 7) is 1.78. The summed E-state index contributed by atoms with van der Waals surface area (Å²) in [6, 6.07) is 0. The molecule has 0 amide bonds. The fraction of sp³-hybridized carbons (Fsp3) is 1.00. The minimum absolute atomic E-state index is 0.249. The number of hydrogen-bond donors (Lipinski definition) is 2. The van der Waals surface area contributed by atoms with Crippen molar-refractivity contribution in [1.82, 2.24) is 5.06 Å². The second-order valence-electron chi connectivity index (χ2n) is 2.93. The Labute approximate surface area is 61.2 Å². The van der Waals surface area contributed by atoms with Crippen LogP contribution >= 0.6 is 0 Å². The van der Waals surface area contributed by atoms with Crippen LogP contribution in [-0.2, 0) is 0 Å². The molecule has 0 aromatic rings. The Morgan fingerprint density at radius 2 is 2.30 bits per heavy atom. The standard InChI is InChI=1S/C7H15NO2/c9-5-3-7-2-1-4-8(10)6-7/h7,9-10H,1-6H2. The summed E-state index contributed by atoms with van der Waals surface area (Å²) in [6.07, 6.45) is 3.04. The maximum atomic E-state index is 9.06. The lowest BCUT2D eigenvalue weighted by atomic mass is 9.96. The molecule has 0 radical (unpaired) electrons. The molecule has 0 aromatic heterocycles. The van der Waals surface area contributed by atoms with Gasteiger partial charge in [-0.05, 0) is 25.2 Å². The average Bonchev–Trinajstić information content (AvgIpc) is 1.88. The van der Waals surface area contributed by atoms with Crippen LogP contribution < -0.4 is 0 Å².